The van der Waals surface area contributed by atoms with Crippen molar-refractivity contribution in [3.8, 4) is 0 Å². The fraction of sp³-hybridized carbons (Fsp3) is 0.556. The van der Waals surface area contributed by atoms with Crippen LogP contribution in [0.15, 0.2) is 12.5 Å². The first kappa shape index (κ1) is 10.7. The average Bonchev–Trinajstić information content (AvgIpc) is 2.60. The summed E-state index contributed by atoms with van der Waals surface area (Å²) < 4.78 is 1.76. The number of nitrogens with one attached hydrogen (secondary N) is 1. The standard InChI is InChI=1S/C9H16N4O/c1-10-4-5-13(3)9(14)8-6-12(2)7-11-8/h6-7,10H,4-5H2,1-3H3. The Hall–Kier alpha value is -1.36. The molecular formula is C9H16N4O. The fourth-order valence-electron chi connectivity index (χ4n) is 1.10. The Morgan fingerprint density at radius 3 is 2.93 bits per heavy atom. The predicted octanol–water partition coefficient (Wildman–Crippen LogP) is -0.288. The van der Waals surface area contributed by atoms with Crippen LogP contribution >= 0.6 is 0 Å². The molecule has 0 atom stereocenters. The van der Waals surface area contributed by atoms with Crippen LogP contribution < -0.4 is 5.32 Å². The number of likely N-dealkylation sites (N-methyl/N-ethyl adjacent to an activating group) is 2. The van der Waals surface area contributed by atoms with E-state index in [-0.39, 0.29) is 5.91 Å². The maximum absolute atomic E-state index is 11.7. The Labute approximate surface area is 83.7 Å². The van der Waals surface area contributed by atoms with Crippen molar-refractivity contribution in [2.75, 3.05) is 27.2 Å². The number of hydrogen-bond acceptors (Lipinski definition) is 3. The van der Waals surface area contributed by atoms with E-state index in [1.807, 2.05) is 14.1 Å². The lowest BCUT2D eigenvalue weighted by Crippen LogP contribution is -2.32. The van der Waals surface area contributed by atoms with E-state index in [0.29, 0.717) is 12.2 Å². The van der Waals surface area contributed by atoms with E-state index in [0.717, 1.165) is 6.54 Å². The van der Waals surface area contributed by atoms with Crippen molar-refractivity contribution in [1.29, 1.82) is 0 Å². The fourth-order valence-corrected chi connectivity index (χ4v) is 1.10. The molecule has 0 bridgehead atoms. The number of amides is 1. The van der Waals surface area contributed by atoms with Gasteiger partial charge in [-0.15, -0.1) is 0 Å². The molecule has 0 radical (unpaired) electrons. The third-order valence-corrected chi connectivity index (χ3v) is 1.97. The summed E-state index contributed by atoms with van der Waals surface area (Å²) in [6.07, 6.45) is 3.34. The Morgan fingerprint density at radius 2 is 2.43 bits per heavy atom. The van der Waals surface area contributed by atoms with Crippen LogP contribution in [0.5, 0.6) is 0 Å². The van der Waals surface area contributed by atoms with Gasteiger partial charge in [-0.2, -0.15) is 0 Å². The van der Waals surface area contributed by atoms with E-state index in [2.05, 4.69) is 10.3 Å². The second-order valence-electron chi connectivity index (χ2n) is 3.25. The quantitative estimate of drug-likeness (QED) is 0.720. The number of carbonyl (C=O) groups is 1. The Balaban J connectivity index is 2.56. The predicted molar refractivity (Wildman–Crippen MR) is 54.1 cm³/mol. The Kier molecular flexibility index (Phi) is 3.64. The summed E-state index contributed by atoms with van der Waals surface area (Å²) in [5.41, 5.74) is 0.492. The van der Waals surface area contributed by atoms with Gasteiger partial charge < -0.3 is 14.8 Å². The molecule has 78 valence electrons. The zero-order valence-electron chi connectivity index (χ0n) is 8.82. The smallest absolute Gasteiger partial charge is 0.273 e. The highest BCUT2D eigenvalue weighted by Crippen LogP contribution is 1.98. The summed E-state index contributed by atoms with van der Waals surface area (Å²) in [6, 6.07) is 0. The molecule has 0 aromatic carbocycles. The minimum atomic E-state index is -0.0409. The topological polar surface area (TPSA) is 50.2 Å². The van der Waals surface area contributed by atoms with E-state index >= 15 is 0 Å². The molecule has 0 spiro atoms. The zero-order chi connectivity index (χ0) is 10.6. The highest BCUT2D eigenvalue weighted by molar-refractivity contribution is 5.91. The van der Waals surface area contributed by atoms with Gasteiger partial charge in [-0.3, -0.25) is 4.79 Å². The Bertz CT molecular complexity index is 308. The van der Waals surface area contributed by atoms with Crippen molar-refractivity contribution in [1.82, 2.24) is 19.8 Å². The molecule has 0 saturated heterocycles. The summed E-state index contributed by atoms with van der Waals surface area (Å²) in [5.74, 6) is -0.0409. The lowest BCUT2D eigenvalue weighted by molar-refractivity contribution is 0.0791. The van der Waals surface area contributed by atoms with Gasteiger partial charge in [0.05, 0.1) is 6.33 Å². The Morgan fingerprint density at radius 1 is 1.71 bits per heavy atom. The normalized spacial score (nSPS) is 10.2. The van der Waals surface area contributed by atoms with Gasteiger partial charge >= 0.3 is 0 Å². The van der Waals surface area contributed by atoms with Gasteiger partial charge in [0.25, 0.3) is 5.91 Å². The number of hydrogen-bond donors (Lipinski definition) is 1. The second kappa shape index (κ2) is 4.76. The number of imidazole rings is 1. The molecule has 1 aromatic rings. The zero-order valence-corrected chi connectivity index (χ0v) is 8.82. The number of aryl methyl sites for hydroxylation is 1. The van der Waals surface area contributed by atoms with Gasteiger partial charge in [-0.1, -0.05) is 0 Å². The number of rotatable bonds is 4. The molecule has 0 unspecified atom stereocenters. The van der Waals surface area contributed by atoms with Crippen LogP contribution in [0.1, 0.15) is 10.5 Å². The van der Waals surface area contributed by atoms with Gasteiger partial charge in [-0.05, 0) is 7.05 Å². The molecule has 0 aliphatic heterocycles. The summed E-state index contributed by atoms with van der Waals surface area (Å²) in [4.78, 5) is 17.3. The third kappa shape index (κ3) is 2.56. The van der Waals surface area contributed by atoms with Crippen molar-refractivity contribution in [2.24, 2.45) is 7.05 Å². The third-order valence-electron chi connectivity index (χ3n) is 1.97. The van der Waals surface area contributed by atoms with Crippen LogP contribution in [0, 0.1) is 0 Å². The summed E-state index contributed by atoms with van der Waals surface area (Å²) in [7, 11) is 5.48. The van der Waals surface area contributed by atoms with E-state index < -0.39 is 0 Å². The highest BCUT2D eigenvalue weighted by atomic mass is 16.2. The molecule has 1 N–H and O–H groups in total. The first-order chi connectivity index (χ1) is 6.65. The van der Waals surface area contributed by atoms with Crippen LogP contribution in [0.4, 0.5) is 0 Å². The molecular weight excluding hydrogens is 180 g/mol. The lowest BCUT2D eigenvalue weighted by atomic mass is 10.4. The van der Waals surface area contributed by atoms with Crippen LogP contribution in [0.3, 0.4) is 0 Å². The molecule has 0 aliphatic rings. The molecule has 1 amide bonds. The lowest BCUT2D eigenvalue weighted by Gasteiger charge is -2.14. The number of nitrogens with zero attached hydrogens (tertiary/aromatic N) is 3. The van der Waals surface area contributed by atoms with Gasteiger partial charge in [0.15, 0.2) is 0 Å². The monoisotopic (exact) mass is 196 g/mol. The highest BCUT2D eigenvalue weighted by Gasteiger charge is 2.12. The maximum atomic E-state index is 11.7. The van der Waals surface area contributed by atoms with Crippen molar-refractivity contribution in [3.05, 3.63) is 18.2 Å². The molecule has 1 aromatic heterocycles. The van der Waals surface area contributed by atoms with Crippen LogP contribution in [-0.2, 0) is 7.05 Å². The molecule has 1 rings (SSSR count). The second-order valence-corrected chi connectivity index (χ2v) is 3.25. The van der Waals surface area contributed by atoms with Gasteiger partial charge in [0, 0.05) is 33.4 Å². The summed E-state index contributed by atoms with van der Waals surface area (Å²) in [5, 5.41) is 2.99. The minimum Gasteiger partial charge on any atom is -0.340 e. The van der Waals surface area contributed by atoms with Gasteiger partial charge in [0.1, 0.15) is 5.69 Å². The molecule has 14 heavy (non-hydrogen) atoms. The molecule has 0 fully saturated rings. The molecule has 0 aliphatic carbocycles. The van der Waals surface area contributed by atoms with Crippen molar-refractivity contribution < 1.29 is 4.79 Å². The number of aromatic nitrogens is 2. The average molecular weight is 196 g/mol. The molecule has 0 saturated carbocycles. The van der Waals surface area contributed by atoms with Crippen LogP contribution in [0.2, 0.25) is 0 Å². The first-order valence-corrected chi connectivity index (χ1v) is 4.53. The van der Waals surface area contributed by atoms with Gasteiger partial charge in [-0.25, -0.2) is 4.98 Å². The van der Waals surface area contributed by atoms with Crippen molar-refractivity contribution in [2.45, 2.75) is 0 Å². The van der Waals surface area contributed by atoms with E-state index in [4.69, 9.17) is 0 Å². The summed E-state index contributed by atoms with van der Waals surface area (Å²) >= 11 is 0. The van der Waals surface area contributed by atoms with E-state index in [9.17, 15) is 4.79 Å². The molecule has 5 nitrogen and oxygen atoms in total. The van der Waals surface area contributed by atoms with Crippen LogP contribution in [-0.4, -0.2) is 47.5 Å². The van der Waals surface area contributed by atoms with Crippen LogP contribution in [0.25, 0.3) is 0 Å². The molecule has 1 heterocycles. The number of carbonyl (C=O) groups excluding carboxylic acids is 1. The van der Waals surface area contributed by atoms with E-state index in [1.165, 1.54) is 0 Å². The minimum absolute atomic E-state index is 0.0409. The first-order valence-electron chi connectivity index (χ1n) is 4.53. The van der Waals surface area contributed by atoms with E-state index in [1.54, 1.807) is 29.0 Å². The van der Waals surface area contributed by atoms with Crippen molar-refractivity contribution >= 4 is 5.91 Å². The SMILES string of the molecule is CNCCN(C)C(=O)c1cn(C)cn1. The molecule has 5 heteroatoms. The van der Waals surface area contributed by atoms with Crippen molar-refractivity contribution in [3.63, 3.8) is 0 Å². The van der Waals surface area contributed by atoms with Gasteiger partial charge in [0.2, 0.25) is 0 Å². The largest absolute Gasteiger partial charge is 0.340 e. The summed E-state index contributed by atoms with van der Waals surface area (Å²) in [6.45, 7) is 1.47. The maximum Gasteiger partial charge on any atom is 0.273 e.